The van der Waals surface area contributed by atoms with Crippen molar-refractivity contribution < 1.29 is 18.3 Å². The molecular weight excluding hydrogens is 298 g/mol. The number of alkyl halides is 2. The van der Waals surface area contributed by atoms with E-state index in [0.717, 1.165) is 0 Å². The number of urea groups is 1. The highest BCUT2D eigenvalue weighted by Crippen LogP contribution is 2.31. The Labute approximate surface area is 126 Å². The molecule has 1 saturated heterocycles. The van der Waals surface area contributed by atoms with Gasteiger partial charge < -0.3 is 15.0 Å². The van der Waals surface area contributed by atoms with E-state index in [0.29, 0.717) is 35.4 Å². The Morgan fingerprint density at radius 3 is 2.57 bits per heavy atom. The molecule has 0 saturated carbocycles. The number of nitrogens with zero attached hydrogens (tertiary/aromatic N) is 1. The minimum absolute atomic E-state index is 0.0369. The highest BCUT2D eigenvalue weighted by atomic mass is 32.2. The Morgan fingerprint density at radius 1 is 1.33 bits per heavy atom. The minimum atomic E-state index is -2.52. The Kier molecular flexibility index (Phi) is 5.41. The Hall–Kier alpha value is -1.34. The minimum Gasteiger partial charge on any atom is -0.372 e. The number of halogens is 2. The van der Waals surface area contributed by atoms with Crippen molar-refractivity contribution >= 4 is 23.5 Å². The number of amides is 2. The van der Waals surface area contributed by atoms with E-state index in [1.165, 1.54) is 0 Å². The summed E-state index contributed by atoms with van der Waals surface area (Å²) in [5.41, 5.74) is 0.402. The Bertz CT molecular complexity index is 492. The molecule has 2 atom stereocenters. The third-order valence-electron chi connectivity index (χ3n) is 3.05. The molecule has 2 rings (SSSR count). The molecule has 0 aromatic heterocycles. The number of carbonyl (C=O) groups is 1. The smallest absolute Gasteiger partial charge is 0.322 e. The maximum absolute atomic E-state index is 12.5. The molecule has 1 aromatic carbocycles. The van der Waals surface area contributed by atoms with Crippen LogP contribution in [0.25, 0.3) is 0 Å². The second kappa shape index (κ2) is 7.09. The number of nitrogens with one attached hydrogen (secondary N) is 1. The zero-order valence-corrected chi connectivity index (χ0v) is 12.7. The Balaban J connectivity index is 2.05. The van der Waals surface area contributed by atoms with E-state index < -0.39 is 5.76 Å². The first-order valence-electron chi connectivity index (χ1n) is 6.71. The van der Waals surface area contributed by atoms with Gasteiger partial charge in [-0.2, -0.15) is 8.78 Å². The van der Waals surface area contributed by atoms with Crippen LogP contribution >= 0.6 is 11.8 Å². The largest absolute Gasteiger partial charge is 0.372 e. The number of benzene rings is 1. The van der Waals surface area contributed by atoms with Crippen molar-refractivity contribution in [3.05, 3.63) is 24.3 Å². The molecule has 1 heterocycles. The van der Waals surface area contributed by atoms with E-state index in [1.54, 1.807) is 29.2 Å². The summed E-state index contributed by atoms with van der Waals surface area (Å²) in [7, 11) is 0. The van der Waals surface area contributed by atoms with Crippen molar-refractivity contribution in [3.8, 4) is 0 Å². The van der Waals surface area contributed by atoms with Gasteiger partial charge in [-0.3, -0.25) is 0 Å². The quantitative estimate of drug-likeness (QED) is 0.866. The summed E-state index contributed by atoms with van der Waals surface area (Å²) < 4.78 is 30.6. The second-order valence-electron chi connectivity index (χ2n) is 4.97. The first-order chi connectivity index (χ1) is 9.95. The van der Waals surface area contributed by atoms with Crippen LogP contribution in [0, 0.1) is 0 Å². The predicted octanol–water partition coefficient (Wildman–Crippen LogP) is 3.64. The third-order valence-corrected chi connectivity index (χ3v) is 3.84. The lowest BCUT2D eigenvalue weighted by Gasteiger charge is -2.35. The van der Waals surface area contributed by atoms with Gasteiger partial charge in [0.2, 0.25) is 0 Å². The standard InChI is InChI=1S/C14H18F2N2O2S/c1-9-7-18(8-10(2)20-9)14(19)17-11-5-3-4-6-12(11)21-13(15)16/h3-6,9-10,13H,7-8H2,1-2H3,(H,17,19)/t9-,10+. The van der Waals surface area contributed by atoms with Crippen LogP contribution in [-0.4, -0.2) is 42.0 Å². The summed E-state index contributed by atoms with van der Waals surface area (Å²) >= 11 is 0.424. The van der Waals surface area contributed by atoms with Crippen LogP contribution in [0.3, 0.4) is 0 Å². The zero-order valence-electron chi connectivity index (χ0n) is 11.9. The highest BCUT2D eigenvalue weighted by Gasteiger charge is 2.26. The predicted molar refractivity (Wildman–Crippen MR) is 78.9 cm³/mol. The zero-order chi connectivity index (χ0) is 15.4. The third kappa shape index (κ3) is 4.57. The number of carbonyl (C=O) groups excluding carboxylic acids is 1. The van der Waals surface area contributed by atoms with Crippen LogP contribution in [0.1, 0.15) is 13.8 Å². The van der Waals surface area contributed by atoms with Gasteiger partial charge in [0.15, 0.2) is 0 Å². The molecule has 0 unspecified atom stereocenters. The van der Waals surface area contributed by atoms with E-state index in [2.05, 4.69) is 5.32 Å². The topological polar surface area (TPSA) is 41.6 Å². The van der Waals surface area contributed by atoms with Crippen LogP contribution in [0.2, 0.25) is 0 Å². The molecule has 1 fully saturated rings. The van der Waals surface area contributed by atoms with Crippen LogP contribution in [0.4, 0.5) is 19.3 Å². The SMILES string of the molecule is C[C@@H]1CN(C(=O)Nc2ccccc2SC(F)F)C[C@H](C)O1. The number of hydrogen-bond acceptors (Lipinski definition) is 3. The number of rotatable bonds is 3. The lowest BCUT2D eigenvalue weighted by atomic mass is 10.2. The monoisotopic (exact) mass is 316 g/mol. The van der Waals surface area contributed by atoms with Crippen molar-refractivity contribution in [3.63, 3.8) is 0 Å². The molecule has 21 heavy (non-hydrogen) atoms. The number of ether oxygens (including phenoxy) is 1. The van der Waals surface area contributed by atoms with Gasteiger partial charge in [0.05, 0.1) is 17.9 Å². The number of para-hydroxylation sites is 1. The van der Waals surface area contributed by atoms with Crippen LogP contribution in [0.5, 0.6) is 0 Å². The fourth-order valence-corrected chi connectivity index (χ4v) is 2.90. The van der Waals surface area contributed by atoms with Gasteiger partial charge in [-0.1, -0.05) is 23.9 Å². The maximum Gasteiger partial charge on any atom is 0.322 e. The molecule has 7 heteroatoms. The van der Waals surface area contributed by atoms with Gasteiger partial charge in [0.1, 0.15) is 0 Å². The van der Waals surface area contributed by atoms with Crippen LogP contribution in [0.15, 0.2) is 29.2 Å². The van der Waals surface area contributed by atoms with Crippen LogP contribution in [-0.2, 0) is 4.74 Å². The molecule has 1 aliphatic rings. The summed E-state index contributed by atoms with van der Waals surface area (Å²) in [6.45, 7) is 4.77. The number of anilines is 1. The van der Waals surface area contributed by atoms with Crippen molar-refractivity contribution in [1.29, 1.82) is 0 Å². The average Bonchev–Trinajstić information content (AvgIpc) is 2.39. The molecule has 116 valence electrons. The lowest BCUT2D eigenvalue weighted by molar-refractivity contribution is -0.0530. The number of thioether (sulfide) groups is 1. The van der Waals surface area contributed by atoms with E-state index in [9.17, 15) is 13.6 Å². The number of hydrogen-bond donors (Lipinski definition) is 1. The number of morpholine rings is 1. The molecule has 4 nitrogen and oxygen atoms in total. The summed E-state index contributed by atoms with van der Waals surface area (Å²) in [4.78, 5) is 14.3. The Morgan fingerprint density at radius 2 is 1.95 bits per heavy atom. The summed E-state index contributed by atoms with van der Waals surface area (Å²) in [6.07, 6.45) is -0.0737. The second-order valence-corrected chi connectivity index (χ2v) is 6.00. The van der Waals surface area contributed by atoms with Crippen molar-refractivity contribution in [2.24, 2.45) is 0 Å². The van der Waals surface area contributed by atoms with Gasteiger partial charge in [-0.05, 0) is 26.0 Å². The van der Waals surface area contributed by atoms with E-state index >= 15 is 0 Å². The van der Waals surface area contributed by atoms with Gasteiger partial charge in [0.25, 0.3) is 5.76 Å². The van der Waals surface area contributed by atoms with Gasteiger partial charge in [0, 0.05) is 18.0 Å². The van der Waals surface area contributed by atoms with Crippen molar-refractivity contribution in [2.75, 3.05) is 18.4 Å². The van der Waals surface area contributed by atoms with E-state index in [-0.39, 0.29) is 18.2 Å². The molecule has 0 spiro atoms. The summed E-state index contributed by atoms with van der Waals surface area (Å²) in [6, 6.07) is 6.27. The average molecular weight is 316 g/mol. The van der Waals surface area contributed by atoms with Gasteiger partial charge in [-0.25, -0.2) is 4.79 Å². The summed E-state index contributed by atoms with van der Waals surface area (Å²) in [5.74, 6) is -2.52. The molecule has 0 bridgehead atoms. The highest BCUT2D eigenvalue weighted by molar-refractivity contribution is 7.99. The normalized spacial score (nSPS) is 22.4. The fourth-order valence-electron chi connectivity index (χ4n) is 2.31. The fraction of sp³-hybridized carbons (Fsp3) is 0.500. The van der Waals surface area contributed by atoms with Gasteiger partial charge in [-0.15, -0.1) is 0 Å². The first kappa shape index (κ1) is 16.0. The molecule has 0 radical (unpaired) electrons. The summed E-state index contributed by atoms with van der Waals surface area (Å²) in [5, 5.41) is 2.70. The van der Waals surface area contributed by atoms with Crippen molar-refractivity contribution in [2.45, 2.75) is 36.7 Å². The lowest BCUT2D eigenvalue weighted by Crippen LogP contribution is -2.49. The van der Waals surface area contributed by atoms with E-state index in [1.807, 2.05) is 13.8 Å². The molecule has 0 aliphatic carbocycles. The van der Waals surface area contributed by atoms with E-state index in [4.69, 9.17) is 4.74 Å². The maximum atomic E-state index is 12.5. The first-order valence-corrected chi connectivity index (χ1v) is 7.59. The molecule has 2 amide bonds. The molecule has 1 N–H and O–H groups in total. The molecule has 1 aliphatic heterocycles. The molecule has 1 aromatic rings. The van der Waals surface area contributed by atoms with Gasteiger partial charge >= 0.3 is 6.03 Å². The van der Waals surface area contributed by atoms with Crippen molar-refractivity contribution in [1.82, 2.24) is 4.90 Å². The van der Waals surface area contributed by atoms with Crippen LogP contribution < -0.4 is 5.32 Å². The molecular formula is C14H18F2N2O2S.